The molecule has 1 aliphatic heterocycles. The molecule has 1 aromatic heterocycles. The zero-order valence-electron chi connectivity index (χ0n) is 19.0. The van der Waals surface area contributed by atoms with E-state index in [2.05, 4.69) is 4.98 Å². The average molecular weight is 454 g/mol. The summed E-state index contributed by atoms with van der Waals surface area (Å²) in [5, 5.41) is 0. The lowest BCUT2D eigenvalue weighted by Gasteiger charge is -2.27. The van der Waals surface area contributed by atoms with Crippen molar-refractivity contribution >= 4 is 23.3 Å². The Bertz CT molecular complexity index is 1130. The van der Waals surface area contributed by atoms with Crippen LogP contribution in [0, 0.1) is 5.92 Å². The second kappa shape index (κ2) is 9.64. The largest absolute Gasteiger partial charge is 0.383 e. The molecule has 2 aromatic rings. The maximum atomic E-state index is 13.6. The molecule has 0 radical (unpaired) electrons. The minimum Gasteiger partial charge on any atom is -0.383 e. The Kier molecular flexibility index (Phi) is 6.67. The number of H-pyrrole nitrogens is 1. The quantitative estimate of drug-likeness (QED) is 0.661. The van der Waals surface area contributed by atoms with Crippen LogP contribution >= 0.6 is 0 Å². The second-order valence-electron chi connectivity index (χ2n) is 8.94. The molecule has 176 valence electrons. The van der Waals surface area contributed by atoms with Crippen molar-refractivity contribution in [1.82, 2.24) is 14.5 Å². The SMILES string of the molecule is CCCN(C(=O)[C@@H]1CC(=O)N(C2CCCC2)C1)c1c(N)n(Cc2ccccc2)c(=O)[nH]c1=O. The number of hydrogen-bond acceptors (Lipinski definition) is 5. The molecule has 1 aliphatic carbocycles. The first kappa shape index (κ1) is 22.8. The van der Waals surface area contributed by atoms with E-state index in [9.17, 15) is 19.2 Å². The van der Waals surface area contributed by atoms with Gasteiger partial charge in [-0.2, -0.15) is 0 Å². The van der Waals surface area contributed by atoms with Gasteiger partial charge in [-0.25, -0.2) is 4.79 Å². The smallest absolute Gasteiger partial charge is 0.330 e. The van der Waals surface area contributed by atoms with Gasteiger partial charge in [0.15, 0.2) is 5.69 Å². The minimum absolute atomic E-state index is 0.00683. The first-order valence-electron chi connectivity index (χ1n) is 11.7. The van der Waals surface area contributed by atoms with Crippen molar-refractivity contribution in [2.24, 2.45) is 5.92 Å². The Hall–Kier alpha value is -3.36. The van der Waals surface area contributed by atoms with Crippen molar-refractivity contribution in [3.63, 3.8) is 0 Å². The number of nitrogen functional groups attached to an aromatic ring is 1. The number of aromatic nitrogens is 2. The number of aromatic amines is 1. The van der Waals surface area contributed by atoms with Gasteiger partial charge in [0, 0.05) is 25.6 Å². The summed E-state index contributed by atoms with van der Waals surface area (Å²) >= 11 is 0. The van der Waals surface area contributed by atoms with Gasteiger partial charge in [-0.05, 0) is 24.8 Å². The first-order valence-corrected chi connectivity index (χ1v) is 11.7. The van der Waals surface area contributed by atoms with Crippen molar-refractivity contribution in [2.75, 3.05) is 23.7 Å². The normalized spacial score (nSPS) is 18.8. The van der Waals surface area contributed by atoms with Gasteiger partial charge < -0.3 is 15.5 Å². The van der Waals surface area contributed by atoms with E-state index in [0.29, 0.717) is 13.0 Å². The van der Waals surface area contributed by atoms with E-state index < -0.39 is 17.2 Å². The Labute approximate surface area is 192 Å². The summed E-state index contributed by atoms with van der Waals surface area (Å²) in [5.74, 6) is -0.884. The van der Waals surface area contributed by atoms with Gasteiger partial charge in [0.25, 0.3) is 5.56 Å². The molecule has 1 saturated carbocycles. The second-order valence-corrected chi connectivity index (χ2v) is 8.94. The number of carbonyl (C=O) groups is 2. The summed E-state index contributed by atoms with van der Waals surface area (Å²) < 4.78 is 1.27. The van der Waals surface area contributed by atoms with Gasteiger partial charge in [0.1, 0.15) is 5.82 Å². The summed E-state index contributed by atoms with van der Waals surface area (Å²) in [6, 6.07) is 9.48. The van der Waals surface area contributed by atoms with Crippen LogP contribution in [0.5, 0.6) is 0 Å². The third-order valence-electron chi connectivity index (χ3n) is 6.65. The highest BCUT2D eigenvalue weighted by Crippen LogP contribution is 2.31. The third kappa shape index (κ3) is 4.58. The number of likely N-dealkylation sites (tertiary alicyclic amines) is 1. The van der Waals surface area contributed by atoms with Crippen LogP contribution in [-0.2, 0) is 16.1 Å². The Morgan fingerprint density at radius 2 is 1.85 bits per heavy atom. The molecule has 3 N–H and O–H groups in total. The zero-order valence-corrected chi connectivity index (χ0v) is 19.0. The van der Waals surface area contributed by atoms with Crippen LogP contribution in [0.4, 0.5) is 11.5 Å². The van der Waals surface area contributed by atoms with E-state index in [1.54, 1.807) is 0 Å². The number of nitrogens with two attached hydrogens (primary N) is 1. The lowest BCUT2D eigenvalue weighted by Crippen LogP contribution is -2.44. The molecular weight excluding hydrogens is 422 g/mol. The Morgan fingerprint density at radius 1 is 1.15 bits per heavy atom. The molecular formula is C24H31N5O4. The predicted octanol–water partition coefficient (Wildman–Crippen LogP) is 1.70. The highest BCUT2D eigenvalue weighted by molar-refractivity contribution is 6.00. The van der Waals surface area contributed by atoms with Crippen LogP contribution in [0.15, 0.2) is 39.9 Å². The maximum Gasteiger partial charge on any atom is 0.330 e. The van der Waals surface area contributed by atoms with Crippen molar-refractivity contribution in [3.05, 3.63) is 56.7 Å². The number of amides is 2. The third-order valence-corrected chi connectivity index (χ3v) is 6.65. The fraction of sp³-hybridized carbons (Fsp3) is 0.500. The first-order chi connectivity index (χ1) is 15.9. The van der Waals surface area contributed by atoms with E-state index in [0.717, 1.165) is 31.2 Å². The molecule has 9 nitrogen and oxygen atoms in total. The number of nitrogens with zero attached hydrogens (tertiary/aromatic N) is 3. The lowest BCUT2D eigenvalue weighted by atomic mass is 10.1. The highest BCUT2D eigenvalue weighted by Gasteiger charge is 2.41. The molecule has 2 aliphatic rings. The summed E-state index contributed by atoms with van der Waals surface area (Å²) in [5.41, 5.74) is 5.82. The molecule has 1 atom stereocenters. The molecule has 33 heavy (non-hydrogen) atoms. The Balaban J connectivity index is 1.65. The van der Waals surface area contributed by atoms with Crippen LogP contribution < -0.4 is 21.9 Å². The van der Waals surface area contributed by atoms with Crippen LogP contribution in [0.1, 0.15) is 51.0 Å². The fourth-order valence-corrected chi connectivity index (χ4v) is 5.00. The topological polar surface area (TPSA) is 121 Å². The maximum absolute atomic E-state index is 13.6. The fourth-order valence-electron chi connectivity index (χ4n) is 5.00. The minimum atomic E-state index is -0.694. The van der Waals surface area contributed by atoms with E-state index in [1.165, 1.54) is 9.47 Å². The summed E-state index contributed by atoms with van der Waals surface area (Å²) in [7, 11) is 0. The van der Waals surface area contributed by atoms with Crippen molar-refractivity contribution in [3.8, 4) is 0 Å². The Morgan fingerprint density at radius 3 is 2.52 bits per heavy atom. The molecule has 2 heterocycles. The van der Waals surface area contributed by atoms with Gasteiger partial charge in [-0.3, -0.25) is 23.9 Å². The number of nitrogens with one attached hydrogen (secondary N) is 1. The highest BCUT2D eigenvalue weighted by atomic mass is 16.2. The molecule has 0 spiro atoms. The molecule has 2 amide bonds. The van der Waals surface area contributed by atoms with Crippen LogP contribution in [0.25, 0.3) is 0 Å². The molecule has 0 unspecified atom stereocenters. The summed E-state index contributed by atoms with van der Waals surface area (Å²) in [6.45, 7) is 2.70. The lowest BCUT2D eigenvalue weighted by molar-refractivity contribution is -0.130. The van der Waals surface area contributed by atoms with Gasteiger partial charge in [-0.15, -0.1) is 0 Å². The number of anilines is 2. The number of carbonyl (C=O) groups excluding carboxylic acids is 2. The molecule has 1 aromatic carbocycles. The van der Waals surface area contributed by atoms with E-state index in [-0.39, 0.29) is 48.9 Å². The summed E-state index contributed by atoms with van der Waals surface area (Å²) in [4.78, 5) is 57.1. The van der Waals surface area contributed by atoms with Crippen LogP contribution in [0.2, 0.25) is 0 Å². The van der Waals surface area contributed by atoms with Crippen molar-refractivity contribution < 1.29 is 9.59 Å². The van der Waals surface area contributed by atoms with Crippen molar-refractivity contribution in [1.29, 1.82) is 0 Å². The van der Waals surface area contributed by atoms with Crippen LogP contribution in [0.3, 0.4) is 0 Å². The molecule has 9 heteroatoms. The zero-order chi connectivity index (χ0) is 23.5. The molecule has 1 saturated heterocycles. The molecule has 2 fully saturated rings. The van der Waals surface area contributed by atoms with Gasteiger partial charge in [0.05, 0.1) is 12.5 Å². The monoisotopic (exact) mass is 453 g/mol. The molecule has 0 bridgehead atoms. The molecule has 4 rings (SSSR count). The summed E-state index contributed by atoms with van der Waals surface area (Å²) in [6.07, 6.45) is 4.88. The van der Waals surface area contributed by atoms with Gasteiger partial charge in [-0.1, -0.05) is 50.1 Å². The van der Waals surface area contributed by atoms with E-state index >= 15 is 0 Å². The van der Waals surface area contributed by atoms with Gasteiger partial charge >= 0.3 is 5.69 Å². The van der Waals surface area contributed by atoms with Crippen molar-refractivity contribution in [2.45, 2.75) is 58.0 Å². The average Bonchev–Trinajstić information content (AvgIpc) is 3.46. The predicted molar refractivity (Wildman–Crippen MR) is 126 cm³/mol. The number of hydrogen-bond donors (Lipinski definition) is 2. The van der Waals surface area contributed by atoms with E-state index in [4.69, 9.17) is 5.73 Å². The number of rotatable bonds is 7. The van der Waals surface area contributed by atoms with E-state index in [1.807, 2.05) is 42.2 Å². The van der Waals surface area contributed by atoms with Crippen LogP contribution in [-0.4, -0.2) is 45.4 Å². The van der Waals surface area contributed by atoms with Gasteiger partial charge in [0.2, 0.25) is 11.8 Å². The number of benzene rings is 1. The standard InChI is InChI=1S/C24H31N5O4/c1-2-12-27(23(32)17-13-19(30)28(15-17)18-10-6-7-11-18)20-21(25)29(24(33)26-22(20)31)14-16-8-4-3-5-9-16/h3-5,8-9,17-18H,2,6-7,10-15,25H2,1H3,(H,26,31,33)/t17-/m1/s1.